The lowest BCUT2D eigenvalue weighted by atomic mass is 9.98. The van der Waals surface area contributed by atoms with Crippen LogP contribution in [0.25, 0.3) is 0 Å². The molecule has 0 unspecified atom stereocenters. The van der Waals surface area contributed by atoms with Crippen LogP contribution in [0.3, 0.4) is 0 Å². The van der Waals surface area contributed by atoms with Gasteiger partial charge in [-0.25, -0.2) is 4.68 Å². The monoisotopic (exact) mass is 339 g/mol. The summed E-state index contributed by atoms with van der Waals surface area (Å²) in [5.41, 5.74) is 0.816. The standard InChI is InChI=1S/C15H21N5O2.ClH/c1-9-8-10(2)22-12(9)14(21)18-15-17-13(19-20(15)3)11-4-6-16-7-5-11;/h8,11,16H,4-7H2,1-3H3,(H,17,18,19,21);1H. The first-order valence-electron chi connectivity index (χ1n) is 7.54. The number of aryl methyl sites for hydroxylation is 3. The van der Waals surface area contributed by atoms with E-state index in [2.05, 4.69) is 20.7 Å². The van der Waals surface area contributed by atoms with Gasteiger partial charge in [-0.15, -0.1) is 12.4 Å². The van der Waals surface area contributed by atoms with Crippen molar-refractivity contribution in [1.82, 2.24) is 20.1 Å². The molecule has 126 valence electrons. The highest BCUT2D eigenvalue weighted by Crippen LogP contribution is 2.23. The fourth-order valence-electron chi connectivity index (χ4n) is 2.79. The summed E-state index contributed by atoms with van der Waals surface area (Å²) in [7, 11) is 1.79. The van der Waals surface area contributed by atoms with Gasteiger partial charge in [-0.3, -0.25) is 10.1 Å². The minimum absolute atomic E-state index is 0. The van der Waals surface area contributed by atoms with E-state index in [1.807, 2.05) is 19.9 Å². The van der Waals surface area contributed by atoms with Gasteiger partial charge >= 0.3 is 0 Å². The number of aromatic nitrogens is 3. The number of hydrogen-bond donors (Lipinski definition) is 2. The van der Waals surface area contributed by atoms with Gasteiger partial charge in [0, 0.05) is 18.5 Å². The van der Waals surface area contributed by atoms with Gasteiger partial charge in [0.05, 0.1) is 0 Å². The number of furan rings is 1. The van der Waals surface area contributed by atoms with Crippen LogP contribution in [0, 0.1) is 13.8 Å². The lowest BCUT2D eigenvalue weighted by Gasteiger charge is -2.19. The van der Waals surface area contributed by atoms with Crippen molar-refractivity contribution in [2.75, 3.05) is 18.4 Å². The van der Waals surface area contributed by atoms with Gasteiger partial charge in [-0.05, 0) is 45.8 Å². The lowest BCUT2D eigenvalue weighted by Crippen LogP contribution is -2.27. The van der Waals surface area contributed by atoms with E-state index in [1.54, 1.807) is 11.7 Å². The summed E-state index contributed by atoms with van der Waals surface area (Å²) in [4.78, 5) is 16.8. The number of carbonyl (C=O) groups is 1. The SMILES string of the molecule is Cc1cc(C)c(C(=O)Nc2nc(C3CCNCC3)nn2C)o1.Cl. The van der Waals surface area contributed by atoms with E-state index in [-0.39, 0.29) is 18.3 Å². The van der Waals surface area contributed by atoms with Crippen molar-refractivity contribution in [3.05, 3.63) is 29.0 Å². The van der Waals surface area contributed by atoms with E-state index in [4.69, 9.17) is 4.42 Å². The van der Waals surface area contributed by atoms with E-state index >= 15 is 0 Å². The molecule has 1 fully saturated rings. The van der Waals surface area contributed by atoms with Crippen LogP contribution >= 0.6 is 12.4 Å². The Hall–Kier alpha value is -1.86. The molecular formula is C15H22ClN5O2. The molecule has 0 saturated carbocycles. The number of piperidine rings is 1. The molecule has 2 N–H and O–H groups in total. The summed E-state index contributed by atoms with van der Waals surface area (Å²) < 4.78 is 7.05. The average molecular weight is 340 g/mol. The Morgan fingerprint density at radius 3 is 2.70 bits per heavy atom. The minimum atomic E-state index is -0.294. The molecule has 3 heterocycles. The van der Waals surface area contributed by atoms with Crippen molar-refractivity contribution in [1.29, 1.82) is 0 Å². The fraction of sp³-hybridized carbons (Fsp3) is 0.533. The van der Waals surface area contributed by atoms with Crippen LogP contribution in [0.4, 0.5) is 5.95 Å². The maximum Gasteiger partial charge on any atom is 0.293 e. The Kier molecular flexibility index (Phi) is 5.43. The Labute approximate surface area is 141 Å². The third-order valence-corrected chi connectivity index (χ3v) is 3.96. The first kappa shape index (κ1) is 17.5. The number of nitrogens with one attached hydrogen (secondary N) is 2. The van der Waals surface area contributed by atoms with E-state index in [9.17, 15) is 4.79 Å². The highest BCUT2D eigenvalue weighted by Gasteiger charge is 2.22. The van der Waals surface area contributed by atoms with Crippen molar-refractivity contribution in [2.45, 2.75) is 32.6 Å². The molecule has 8 heteroatoms. The zero-order chi connectivity index (χ0) is 15.7. The number of anilines is 1. The topological polar surface area (TPSA) is 85.0 Å². The van der Waals surface area contributed by atoms with E-state index in [0.717, 1.165) is 43.1 Å². The Bertz CT molecular complexity index is 688. The second-order valence-corrected chi connectivity index (χ2v) is 5.76. The molecule has 23 heavy (non-hydrogen) atoms. The zero-order valence-corrected chi connectivity index (χ0v) is 14.4. The summed E-state index contributed by atoms with van der Waals surface area (Å²) in [5, 5.41) is 10.5. The van der Waals surface area contributed by atoms with Gasteiger partial charge in [0.25, 0.3) is 5.91 Å². The lowest BCUT2D eigenvalue weighted by molar-refractivity contribution is 0.0993. The van der Waals surface area contributed by atoms with Gasteiger partial charge in [0.15, 0.2) is 11.6 Å². The Morgan fingerprint density at radius 2 is 2.09 bits per heavy atom. The first-order chi connectivity index (χ1) is 10.5. The van der Waals surface area contributed by atoms with Gasteiger partial charge in [0.2, 0.25) is 5.95 Å². The molecule has 7 nitrogen and oxygen atoms in total. The van der Waals surface area contributed by atoms with Crippen molar-refractivity contribution >= 4 is 24.3 Å². The molecule has 0 atom stereocenters. The molecule has 0 aromatic carbocycles. The number of carbonyl (C=O) groups excluding carboxylic acids is 1. The second-order valence-electron chi connectivity index (χ2n) is 5.76. The van der Waals surface area contributed by atoms with Crippen molar-refractivity contribution in [3.63, 3.8) is 0 Å². The van der Waals surface area contributed by atoms with Crippen LogP contribution in [-0.4, -0.2) is 33.8 Å². The van der Waals surface area contributed by atoms with Gasteiger partial charge in [-0.1, -0.05) is 0 Å². The Balaban J connectivity index is 0.00000192. The molecule has 0 spiro atoms. The minimum Gasteiger partial charge on any atom is -0.456 e. The van der Waals surface area contributed by atoms with Crippen molar-refractivity contribution < 1.29 is 9.21 Å². The van der Waals surface area contributed by atoms with Crippen LogP contribution in [0.2, 0.25) is 0 Å². The van der Waals surface area contributed by atoms with Crippen LogP contribution in [0.15, 0.2) is 10.5 Å². The highest BCUT2D eigenvalue weighted by molar-refractivity contribution is 6.02. The number of nitrogens with zero attached hydrogens (tertiary/aromatic N) is 3. The third kappa shape index (κ3) is 3.73. The summed E-state index contributed by atoms with van der Waals surface area (Å²) in [6.45, 7) is 5.63. The van der Waals surface area contributed by atoms with Crippen molar-refractivity contribution in [3.8, 4) is 0 Å². The molecule has 0 bridgehead atoms. The summed E-state index contributed by atoms with van der Waals surface area (Å²) in [6, 6.07) is 1.84. The van der Waals surface area contributed by atoms with E-state index in [1.165, 1.54) is 0 Å². The van der Waals surface area contributed by atoms with E-state index in [0.29, 0.717) is 17.6 Å². The molecule has 2 aromatic heterocycles. The maximum absolute atomic E-state index is 12.3. The fourth-order valence-corrected chi connectivity index (χ4v) is 2.79. The van der Waals surface area contributed by atoms with Crippen LogP contribution in [-0.2, 0) is 7.05 Å². The molecule has 3 rings (SSSR count). The number of amides is 1. The Morgan fingerprint density at radius 1 is 1.39 bits per heavy atom. The normalized spacial score (nSPS) is 15.3. The highest BCUT2D eigenvalue weighted by atomic mass is 35.5. The molecule has 1 saturated heterocycles. The number of hydrogen-bond acceptors (Lipinski definition) is 5. The van der Waals surface area contributed by atoms with Crippen LogP contribution < -0.4 is 10.6 Å². The van der Waals surface area contributed by atoms with Gasteiger partial charge in [-0.2, -0.15) is 10.1 Å². The third-order valence-electron chi connectivity index (χ3n) is 3.96. The molecule has 0 aliphatic carbocycles. The number of halogens is 1. The predicted molar refractivity (Wildman–Crippen MR) is 89.2 cm³/mol. The van der Waals surface area contributed by atoms with Crippen molar-refractivity contribution in [2.24, 2.45) is 7.05 Å². The zero-order valence-electron chi connectivity index (χ0n) is 13.5. The predicted octanol–water partition coefficient (Wildman–Crippen LogP) is 2.17. The molecule has 0 radical (unpaired) electrons. The summed E-state index contributed by atoms with van der Waals surface area (Å²) in [6.07, 6.45) is 2.04. The number of rotatable bonds is 3. The first-order valence-corrected chi connectivity index (χ1v) is 7.54. The maximum atomic E-state index is 12.3. The van der Waals surface area contributed by atoms with Gasteiger partial charge in [0.1, 0.15) is 5.76 Å². The molecule has 1 aliphatic heterocycles. The van der Waals surface area contributed by atoms with Crippen LogP contribution in [0.5, 0.6) is 0 Å². The molecule has 1 aliphatic rings. The molecule has 1 amide bonds. The average Bonchev–Trinajstić information content (AvgIpc) is 3.03. The smallest absolute Gasteiger partial charge is 0.293 e. The van der Waals surface area contributed by atoms with Gasteiger partial charge < -0.3 is 9.73 Å². The quantitative estimate of drug-likeness (QED) is 0.895. The largest absolute Gasteiger partial charge is 0.456 e. The summed E-state index contributed by atoms with van der Waals surface area (Å²) >= 11 is 0. The van der Waals surface area contributed by atoms with E-state index < -0.39 is 0 Å². The second kappa shape index (κ2) is 7.14. The molecular weight excluding hydrogens is 318 g/mol. The summed E-state index contributed by atoms with van der Waals surface area (Å²) in [5.74, 6) is 2.35. The molecule has 2 aromatic rings. The van der Waals surface area contributed by atoms with Crippen LogP contribution in [0.1, 0.15) is 46.5 Å².